The van der Waals surface area contributed by atoms with Crippen LogP contribution in [0, 0.1) is 32.1 Å². The number of nitrogens with one attached hydrogen (secondary N) is 1. The van der Waals surface area contributed by atoms with E-state index >= 15 is 0 Å². The Hall–Kier alpha value is -2.31. The SMILES string of the molecule is Cc1c(C#N)c(NC(=O)CSc2nnc(C)n2C2CCCCC2)n(CC2CCCO2)c1C. The summed E-state index contributed by atoms with van der Waals surface area (Å²) in [6.07, 6.45) is 8.18. The summed E-state index contributed by atoms with van der Waals surface area (Å²) in [5, 5.41) is 22.1. The first-order valence-corrected chi connectivity index (χ1v) is 12.5. The van der Waals surface area contributed by atoms with Gasteiger partial charge in [-0.25, -0.2) is 0 Å². The van der Waals surface area contributed by atoms with Gasteiger partial charge in [0, 0.05) is 18.3 Å². The van der Waals surface area contributed by atoms with Crippen molar-refractivity contribution in [3.63, 3.8) is 0 Å². The fourth-order valence-electron chi connectivity index (χ4n) is 4.86. The van der Waals surface area contributed by atoms with Crippen molar-refractivity contribution in [3.8, 4) is 6.07 Å². The smallest absolute Gasteiger partial charge is 0.235 e. The molecule has 1 atom stereocenters. The highest BCUT2D eigenvalue weighted by Crippen LogP contribution is 2.33. The van der Waals surface area contributed by atoms with Crippen LogP contribution in [0.4, 0.5) is 5.82 Å². The second-order valence-corrected chi connectivity index (χ2v) is 9.76. The van der Waals surface area contributed by atoms with Gasteiger partial charge in [-0.3, -0.25) is 4.79 Å². The lowest BCUT2D eigenvalue weighted by Crippen LogP contribution is -2.22. The van der Waals surface area contributed by atoms with E-state index in [1.807, 2.05) is 25.3 Å². The average molecular weight is 457 g/mol. The predicted octanol–water partition coefficient (Wildman–Crippen LogP) is 4.29. The minimum atomic E-state index is -0.145. The Kier molecular flexibility index (Phi) is 7.21. The van der Waals surface area contributed by atoms with Gasteiger partial charge in [0.1, 0.15) is 17.7 Å². The zero-order valence-corrected chi connectivity index (χ0v) is 20.0. The van der Waals surface area contributed by atoms with E-state index in [-0.39, 0.29) is 17.8 Å². The Morgan fingerprint density at radius 1 is 1.19 bits per heavy atom. The maximum Gasteiger partial charge on any atom is 0.235 e. The molecule has 1 amide bonds. The van der Waals surface area contributed by atoms with E-state index in [4.69, 9.17) is 4.74 Å². The van der Waals surface area contributed by atoms with Gasteiger partial charge in [-0.2, -0.15) is 5.26 Å². The first kappa shape index (κ1) is 22.9. The molecule has 0 bridgehead atoms. The lowest BCUT2D eigenvalue weighted by Gasteiger charge is -2.24. The molecule has 1 aliphatic heterocycles. The van der Waals surface area contributed by atoms with Gasteiger partial charge in [0.15, 0.2) is 5.16 Å². The summed E-state index contributed by atoms with van der Waals surface area (Å²) < 4.78 is 10.0. The molecule has 32 heavy (non-hydrogen) atoms. The van der Waals surface area contributed by atoms with Gasteiger partial charge < -0.3 is 19.2 Å². The predicted molar refractivity (Wildman–Crippen MR) is 124 cm³/mol. The largest absolute Gasteiger partial charge is 0.376 e. The van der Waals surface area contributed by atoms with Crippen LogP contribution in [0.15, 0.2) is 5.16 Å². The lowest BCUT2D eigenvalue weighted by molar-refractivity contribution is -0.113. The van der Waals surface area contributed by atoms with Crippen LogP contribution in [-0.2, 0) is 16.1 Å². The first-order chi connectivity index (χ1) is 15.5. The zero-order chi connectivity index (χ0) is 22.7. The van der Waals surface area contributed by atoms with Crippen LogP contribution >= 0.6 is 11.8 Å². The molecule has 0 radical (unpaired) electrons. The molecule has 0 aromatic carbocycles. The Morgan fingerprint density at radius 3 is 2.66 bits per heavy atom. The summed E-state index contributed by atoms with van der Waals surface area (Å²) in [6.45, 7) is 7.32. The Labute approximate surface area is 193 Å². The number of ether oxygens (including phenoxy) is 1. The van der Waals surface area contributed by atoms with Gasteiger partial charge in [0.2, 0.25) is 5.91 Å². The number of hydrogen-bond donors (Lipinski definition) is 1. The quantitative estimate of drug-likeness (QED) is 0.624. The van der Waals surface area contributed by atoms with Crippen molar-refractivity contribution in [2.45, 2.75) is 89.6 Å². The van der Waals surface area contributed by atoms with Gasteiger partial charge in [0.25, 0.3) is 0 Å². The molecular weight excluding hydrogens is 424 g/mol. The number of nitrogens with zero attached hydrogens (tertiary/aromatic N) is 5. The van der Waals surface area contributed by atoms with Crippen molar-refractivity contribution in [1.29, 1.82) is 5.26 Å². The molecule has 2 aliphatic rings. The molecule has 0 spiro atoms. The molecular formula is C23H32N6O2S. The normalized spacial score (nSPS) is 19.2. The standard InChI is InChI=1S/C23H32N6O2S/c1-15-16(2)28(13-19-10-7-11-31-19)22(20(15)12-24)25-21(30)14-32-23-27-26-17(3)29(23)18-8-5-4-6-9-18/h18-19H,4-11,13-14H2,1-3H3,(H,25,30). The molecule has 9 heteroatoms. The Bertz CT molecular complexity index is 1010. The molecule has 1 saturated heterocycles. The third-order valence-electron chi connectivity index (χ3n) is 6.72. The average Bonchev–Trinajstić information content (AvgIpc) is 3.49. The monoisotopic (exact) mass is 456 g/mol. The molecule has 2 aromatic rings. The molecule has 8 nitrogen and oxygen atoms in total. The highest BCUT2D eigenvalue weighted by Gasteiger charge is 2.25. The maximum absolute atomic E-state index is 12.9. The fraction of sp³-hybridized carbons (Fsp3) is 0.652. The topological polar surface area (TPSA) is 97.8 Å². The molecule has 1 aliphatic carbocycles. The van der Waals surface area contributed by atoms with E-state index in [1.165, 1.54) is 31.0 Å². The summed E-state index contributed by atoms with van der Waals surface area (Å²) in [5.41, 5.74) is 2.42. The summed E-state index contributed by atoms with van der Waals surface area (Å²) in [5.74, 6) is 1.56. The second kappa shape index (κ2) is 10.1. The van der Waals surface area contributed by atoms with Gasteiger partial charge in [-0.15, -0.1) is 10.2 Å². The molecule has 1 saturated carbocycles. The summed E-state index contributed by atoms with van der Waals surface area (Å²) in [6, 6.07) is 2.69. The zero-order valence-electron chi connectivity index (χ0n) is 19.2. The third kappa shape index (κ3) is 4.71. The first-order valence-electron chi connectivity index (χ1n) is 11.5. The van der Waals surface area contributed by atoms with Crippen LogP contribution in [0.1, 0.15) is 73.6 Å². The molecule has 172 valence electrons. The summed E-state index contributed by atoms with van der Waals surface area (Å²) in [4.78, 5) is 12.9. The van der Waals surface area contributed by atoms with Crippen molar-refractivity contribution >= 4 is 23.5 Å². The van der Waals surface area contributed by atoms with Crippen molar-refractivity contribution in [2.24, 2.45) is 0 Å². The molecule has 2 fully saturated rings. The van der Waals surface area contributed by atoms with Crippen LogP contribution in [0.2, 0.25) is 0 Å². The van der Waals surface area contributed by atoms with E-state index in [2.05, 4.69) is 26.2 Å². The van der Waals surface area contributed by atoms with Crippen LogP contribution < -0.4 is 5.32 Å². The number of hydrogen-bond acceptors (Lipinski definition) is 6. The van der Waals surface area contributed by atoms with Gasteiger partial charge in [-0.1, -0.05) is 31.0 Å². The van der Waals surface area contributed by atoms with Crippen LogP contribution in [-0.4, -0.2) is 43.7 Å². The van der Waals surface area contributed by atoms with Crippen LogP contribution in [0.5, 0.6) is 0 Å². The lowest BCUT2D eigenvalue weighted by atomic mass is 9.95. The number of amides is 1. The van der Waals surface area contributed by atoms with Crippen molar-refractivity contribution < 1.29 is 9.53 Å². The van der Waals surface area contributed by atoms with E-state index in [0.717, 1.165) is 54.5 Å². The van der Waals surface area contributed by atoms with Crippen molar-refractivity contribution in [1.82, 2.24) is 19.3 Å². The Morgan fingerprint density at radius 2 is 1.97 bits per heavy atom. The number of carbonyl (C=O) groups is 1. The number of aromatic nitrogens is 4. The van der Waals surface area contributed by atoms with E-state index in [1.54, 1.807) is 0 Å². The minimum Gasteiger partial charge on any atom is -0.376 e. The van der Waals surface area contributed by atoms with Crippen molar-refractivity contribution in [3.05, 3.63) is 22.6 Å². The fourth-order valence-corrected chi connectivity index (χ4v) is 5.71. The Balaban J connectivity index is 1.47. The molecule has 1 unspecified atom stereocenters. The van der Waals surface area contributed by atoms with Gasteiger partial charge in [0.05, 0.1) is 24.0 Å². The summed E-state index contributed by atoms with van der Waals surface area (Å²) in [7, 11) is 0. The minimum absolute atomic E-state index is 0.120. The van der Waals surface area contributed by atoms with E-state index < -0.39 is 0 Å². The van der Waals surface area contributed by atoms with Gasteiger partial charge >= 0.3 is 0 Å². The number of anilines is 1. The van der Waals surface area contributed by atoms with Gasteiger partial charge in [-0.05, 0) is 52.0 Å². The van der Waals surface area contributed by atoms with Crippen LogP contribution in [0.25, 0.3) is 0 Å². The maximum atomic E-state index is 12.9. The number of nitriles is 1. The molecule has 3 heterocycles. The summed E-state index contributed by atoms with van der Waals surface area (Å²) >= 11 is 1.41. The molecule has 1 N–H and O–H groups in total. The number of rotatable bonds is 7. The third-order valence-corrected chi connectivity index (χ3v) is 7.66. The molecule has 4 rings (SSSR count). The van der Waals surface area contributed by atoms with Crippen LogP contribution in [0.3, 0.4) is 0 Å². The number of carbonyl (C=O) groups excluding carboxylic acids is 1. The van der Waals surface area contributed by atoms with Crippen molar-refractivity contribution in [2.75, 3.05) is 17.7 Å². The number of aryl methyl sites for hydroxylation is 1. The second-order valence-electron chi connectivity index (χ2n) is 8.82. The highest BCUT2D eigenvalue weighted by atomic mass is 32.2. The highest BCUT2D eigenvalue weighted by molar-refractivity contribution is 7.99. The number of thioether (sulfide) groups is 1. The van der Waals surface area contributed by atoms with E-state index in [0.29, 0.717) is 24.0 Å². The van der Waals surface area contributed by atoms with E-state index in [9.17, 15) is 10.1 Å². The molecule has 2 aromatic heterocycles.